The summed E-state index contributed by atoms with van der Waals surface area (Å²) in [6.07, 6.45) is 3.05. The topological polar surface area (TPSA) is 32.3 Å². The van der Waals surface area contributed by atoms with Crippen molar-refractivity contribution >= 4 is 17.5 Å². The summed E-state index contributed by atoms with van der Waals surface area (Å²) in [5, 5.41) is 2.83. The second-order valence-corrected chi connectivity index (χ2v) is 3.88. The van der Waals surface area contributed by atoms with E-state index in [9.17, 15) is 4.79 Å². The van der Waals surface area contributed by atoms with Crippen molar-refractivity contribution in [3.63, 3.8) is 0 Å². The first kappa shape index (κ1) is 10.8. The van der Waals surface area contributed by atoms with Crippen LogP contribution < -0.4 is 5.32 Å². The van der Waals surface area contributed by atoms with Crippen LogP contribution in [0.15, 0.2) is 0 Å². The zero-order chi connectivity index (χ0) is 9.68. The van der Waals surface area contributed by atoms with Gasteiger partial charge < -0.3 is 10.2 Å². The molecule has 0 saturated heterocycles. The lowest BCUT2D eigenvalue weighted by Crippen LogP contribution is -2.33. The van der Waals surface area contributed by atoms with Crippen LogP contribution in [0, 0.1) is 0 Å². The second-order valence-electron chi connectivity index (χ2n) is 3.50. The fraction of sp³-hybridized carbons (Fsp3) is 0.889. The van der Waals surface area contributed by atoms with Gasteiger partial charge in [0.15, 0.2) is 0 Å². The number of rotatable bonds is 6. The molecule has 0 heterocycles. The van der Waals surface area contributed by atoms with E-state index in [0.29, 0.717) is 12.3 Å². The predicted octanol–water partition coefficient (Wildman–Crippen LogP) is 0.826. The van der Waals surface area contributed by atoms with E-state index in [2.05, 4.69) is 17.3 Å². The fourth-order valence-electron chi connectivity index (χ4n) is 1.24. The SMILES string of the molecule is CN(CCNC(=O)CCCl)C1CC1. The van der Waals surface area contributed by atoms with Gasteiger partial charge in [-0.15, -0.1) is 11.6 Å². The monoisotopic (exact) mass is 204 g/mol. The summed E-state index contributed by atoms with van der Waals surface area (Å²) in [5.74, 6) is 0.462. The van der Waals surface area contributed by atoms with Crippen LogP contribution in [0.2, 0.25) is 0 Å². The molecule has 0 aromatic heterocycles. The summed E-state index contributed by atoms with van der Waals surface area (Å²) in [4.78, 5) is 13.3. The van der Waals surface area contributed by atoms with Crippen molar-refractivity contribution in [3.8, 4) is 0 Å². The van der Waals surface area contributed by atoms with Crippen molar-refractivity contribution in [1.29, 1.82) is 0 Å². The van der Waals surface area contributed by atoms with Crippen LogP contribution in [0.5, 0.6) is 0 Å². The number of carbonyl (C=O) groups excluding carboxylic acids is 1. The van der Waals surface area contributed by atoms with Crippen molar-refractivity contribution < 1.29 is 4.79 Å². The summed E-state index contributed by atoms with van der Waals surface area (Å²) in [7, 11) is 2.10. The minimum atomic E-state index is 0.0548. The number of nitrogens with zero attached hydrogens (tertiary/aromatic N) is 1. The van der Waals surface area contributed by atoms with E-state index >= 15 is 0 Å². The Kier molecular flexibility index (Phi) is 4.53. The molecule has 0 aromatic rings. The molecule has 0 radical (unpaired) electrons. The van der Waals surface area contributed by atoms with E-state index in [1.165, 1.54) is 12.8 Å². The summed E-state index contributed by atoms with van der Waals surface area (Å²) >= 11 is 5.43. The van der Waals surface area contributed by atoms with E-state index in [1.807, 2.05) is 0 Å². The van der Waals surface area contributed by atoms with Gasteiger partial charge in [-0.3, -0.25) is 4.79 Å². The van der Waals surface area contributed by atoms with E-state index < -0.39 is 0 Å². The average molecular weight is 205 g/mol. The van der Waals surface area contributed by atoms with Crippen molar-refractivity contribution in [3.05, 3.63) is 0 Å². The smallest absolute Gasteiger partial charge is 0.221 e. The second kappa shape index (κ2) is 5.45. The molecule has 0 spiro atoms. The minimum Gasteiger partial charge on any atom is -0.355 e. The Bertz CT molecular complexity index is 171. The van der Waals surface area contributed by atoms with Crippen molar-refractivity contribution in [1.82, 2.24) is 10.2 Å². The zero-order valence-electron chi connectivity index (χ0n) is 8.05. The van der Waals surface area contributed by atoms with Gasteiger partial charge in [-0.1, -0.05) is 0 Å². The number of nitrogens with one attached hydrogen (secondary N) is 1. The molecular weight excluding hydrogens is 188 g/mol. The van der Waals surface area contributed by atoms with E-state index in [4.69, 9.17) is 11.6 Å². The molecule has 3 nitrogen and oxygen atoms in total. The normalized spacial score (nSPS) is 16.2. The number of hydrogen-bond donors (Lipinski definition) is 1. The zero-order valence-corrected chi connectivity index (χ0v) is 8.81. The largest absolute Gasteiger partial charge is 0.355 e. The van der Waals surface area contributed by atoms with Crippen LogP contribution in [-0.4, -0.2) is 42.9 Å². The molecule has 1 aliphatic rings. The molecule has 0 atom stereocenters. The van der Waals surface area contributed by atoms with Gasteiger partial charge in [-0.25, -0.2) is 0 Å². The lowest BCUT2D eigenvalue weighted by Gasteiger charge is -2.15. The summed E-state index contributed by atoms with van der Waals surface area (Å²) in [6, 6.07) is 0.768. The highest BCUT2D eigenvalue weighted by Crippen LogP contribution is 2.24. The number of carbonyl (C=O) groups is 1. The van der Waals surface area contributed by atoms with Gasteiger partial charge in [0.25, 0.3) is 0 Å². The number of amides is 1. The first-order chi connectivity index (χ1) is 6.24. The van der Waals surface area contributed by atoms with Gasteiger partial charge in [0, 0.05) is 31.4 Å². The maximum Gasteiger partial charge on any atom is 0.221 e. The molecule has 1 saturated carbocycles. The Hall–Kier alpha value is -0.280. The fourth-order valence-corrected chi connectivity index (χ4v) is 1.42. The summed E-state index contributed by atoms with van der Waals surface area (Å²) in [6.45, 7) is 1.68. The first-order valence-corrected chi connectivity index (χ1v) is 5.30. The van der Waals surface area contributed by atoms with Gasteiger partial charge >= 0.3 is 0 Å². The molecule has 13 heavy (non-hydrogen) atoms. The molecule has 1 rings (SSSR count). The Labute approximate surface area is 84.4 Å². The highest BCUT2D eigenvalue weighted by atomic mass is 35.5. The summed E-state index contributed by atoms with van der Waals surface area (Å²) < 4.78 is 0. The quantitative estimate of drug-likeness (QED) is 0.650. The minimum absolute atomic E-state index is 0.0548. The Morgan fingerprint density at radius 2 is 2.31 bits per heavy atom. The summed E-state index contributed by atoms with van der Waals surface area (Å²) in [5.41, 5.74) is 0. The van der Waals surface area contributed by atoms with E-state index in [-0.39, 0.29) is 5.91 Å². The average Bonchev–Trinajstić information content (AvgIpc) is 2.86. The van der Waals surface area contributed by atoms with Crippen LogP contribution >= 0.6 is 11.6 Å². The molecular formula is C9H17ClN2O. The maximum absolute atomic E-state index is 11.0. The molecule has 76 valence electrons. The number of likely N-dealkylation sites (N-methyl/N-ethyl adjacent to an activating group) is 1. The van der Waals surface area contributed by atoms with Gasteiger partial charge in [0.05, 0.1) is 0 Å². The third-order valence-electron chi connectivity index (χ3n) is 2.28. The highest BCUT2D eigenvalue weighted by molar-refractivity contribution is 6.18. The molecule has 0 aliphatic heterocycles. The molecule has 1 N–H and O–H groups in total. The van der Waals surface area contributed by atoms with Gasteiger partial charge in [0.1, 0.15) is 0 Å². The van der Waals surface area contributed by atoms with Crippen LogP contribution in [0.3, 0.4) is 0 Å². The molecule has 4 heteroatoms. The molecule has 0 aromatic carbocycles. The van der Waals surface area contributed by atoms with Crippen LogP contribution in [0.1, 0.15) is 19.3 Å². The van der Waals surface area contributed by atoms with Gasteiger partial charge in [-0.05, 0) is 19.9 Å². The molecule has 1 aliphatic carbocycles. The third-order valence-corrected chi connectivity index (χ3v) is 2.47. The van der Waals surface area contributed by atoms with Gasteiger partial charge in [-0.2, -0.15) is 0 Å². The highest BCUT2D eigenvalue weighted by Gasteiger charge is 2.25. The number of halogens is 1. The molecule has 1 amide bonds. The maximum atomic E-state index is 11.0. The van der Waals surface area contributed by atoms with E-state index in [1.54, 1.807) is 0 Å². The predicted molar refractivity (Wildman–Crippen MR) is 54.0 cm³/mol. The number of alkyl halides is 1. The van der Waals surface area contributed by atoms with Crippen molar-refractivity contribution in [2.75, 3.05) is 26.0 Å². The first-order valence-electron chi connectivity index (χ1n) is 4.77. The Morgan fingerprint density at radius 1 is 1.62 bits per heavy atom. The van der Waals surface area contributed by atoms with Crippen LogP contribution in [0.4, 0.5) is 0 Å². The third kappa shape index (κ3) is 4.48. The number of hydrogen-bond acceptors (Lipinski definition) is 2. The molecule has 1 fully saturated rings. The van der Waals surface area contributed by atoms with Crippen LogP contribution in [-0.2, 0) is 4.79 Å². The lowest BCUT2D eigenvalue weighted by atomic mass is 10.4. The Balaban J connectivity index is 1.96. The Morgan fingerprint density at radius 3 is 2.85 bits per heavy atom. The van der Waals surface area contributed by atoms with Crippen LogP contribution in [0.25, 0.3) is 0 Å². The lowest BCUT2D eigenvalue weighted by molar-refractivity contribution is -0.120. The molecule has 0 bridgehead atoms. The van der Waals surface area contributed by atoms with Crippen molar-refractivity contribution in [2.45, 2.75) is 25.3 Å². The van der Waals surface area contributed by atoms with E-state index in [0.717, 1.165) is 19.1 Å². The van der Waals surface area contributed by atoms with Crippen molar-refractivity contribution in [2.24, 2.45) is 0 Å². The standard InChI is InChI=1S/C9H17ClN2O/c1-12(8-2-3-8)7-6-11-9(13)4-5-10/h8H,2-7H2,1H3,(H,11,13). The molecule has 0 unspecified atom stereocenters. The van der Waals surface area contributed by atoms with Gasteiger partial charge in [0.2, 0.25) is 5.91 Å².